The zero-order valence-electron chi connectivity index (χ0n) is 13.0. The first kappa shape index (κ1) is 16.1. The zero-order chi connectivity index (χ0) is 15.3. The standard InChI is InChI=1S/C16H24N2O2S/c1-16(2,3)20-15(19)18-8-6-14(10-18)12-21-11-13-5-4-7-17-9-13/h4-5,7,9,14H,6,8,10-12H2,1-3H3/t14-/m1/s1. The second-order valence-electron chi connectivity index (χ2n) is 6.46. The zero-order valence-corrected chi connectivity index (χ0v) is 13.9. The normalized spacial score (nSPS) is 18.8. The lowest BCUT2D eigenvalue weighted by Gasteiger charge is -2.24. The molecule has 0 aromatic carbocycles. The molecule has 0 unspecified atom stereocenters. The third kappa shape index (κ3) is 5.58. The number of hydrogen-bond acceptors (Lipinski definition) is 4. The molecule has 1 aromatic rings. The van der Waals surface area contributed by atoms with Crippen molar-refractivity contribution in [3.8, 4) is 0 Å². The lowest BCUT2D eigenvalue weighted by Crippen LogP contribution is -2.35. The minimum Gasteiger partial charge on any atom is -0.444 e. The van der Waals surface area contributed by atoms with E-state index in [9.17, 15) is 4.79 Å². The van der Waals surface area contributed by atoms with Crippen LogP contribution >= 0.6 is 11.8 Å². The van der Waals surface area contributed by atoms with Gasteiger partial charge in [-0.3, -0.25) is 4.98 Å². The summed E-state index contributed by atoms with van der Waals surface area (Å²) >= 11 is 1.91. The second-order valence-corrected chi connectivity index (χ2v) is 7.49. The van der Waals surface area contributed by atoms with Gasteiger partial charge in [-0.2, -0.15) is 11.8 Å². The summed E-state index contributed by atoms with van der Waals surface area (Å²) in [6.07, 6.45) is 4.60. The SMILES string of the molecule is CC(C)(C)OC(=O)N1CC[C@@H](CSCc2cccnc2)C1. The van der Waals surface area contributed by atoms with Gasteiger partial charge in [-0.25, -0.2) is 4.79 Å². The molecule has 1 aliphatic rings. The van der Waals surface area contributed by atoms with Crippen LogP contribution in [-0.4, -0.2) is 40.4 Å². The highest BCUT2D eigenvalue weighted by atomic mass is 32.2. The fourth-order valence-corrected chi connectivity index (χ4v) is 3.42. The van der Waals surface area contributed by atoms with Crippen LogP contribution in [0.25, 0.3) is 0 Å². The average Bonchev–Trinajstić information content (AvgIpc) is 2.87. The van der Waals surface area contributed by atoms with E-state index < -0.39 is 5.60 Å². The highest BCUT2D eigenvalue weighted by molar-refractivity contribution is 7.98. The van der Waals surface area contributed by atoms with Crippen LogP contribution < -0.4 is 0 Å². The van der Waals surface area contributed by atoms with E-state index in [-0.39, 0.29) is 6.09 Å². The van der Waals surface area contributed by atoms with E-state index in [4.69, 9.17) is 4.74 Å². The van der Waals surface area contributed by atoms with Crippen molar-refractivity contribution in [1.29, 1.82) is 0 Å². The van der Waals surface area contributed by atoms with Crippen LogP contribution in [-0.2, 0) is 10.5 Å². The monoisotopic (exact) mass is 308 g/mol. The van der Waals surface area contributed by atoms with Gasteiger partial charge in [0, 0.05) is 31.2 Å². The van der Waals surface area contributed by atoms with E-state index in [1.54, 1.807) is 6.20 Å². The molecule has 1 aliphatic heterocycles. The molecule has 2 heterocycles. The van der Waals surface area contributed by atoms with Gasteiger partial charge in [0.25, 0.3) is 0 Å². The van der Waals surface area contributed by atoms with Crippen molar-refractivity contribution in [2.24, 2.45) is 5.92 Å². The molecule has 21 heavy (non-hydrogen) atoms. The van der Waals surface area contributed by atoms with Crippen molar-refractivity contribution in [3.63, 3.8) is 0 Å². The molecule has 1 atom stereocenters. The Morgan fingerprint density at radius 3 is 3.00 bits per heavy atom. The predicted octanol–water partition coefficient (Wildman–Crippen LogP) is 3.57. The summed E-state index contributed by atoms with van der Waals surface area (Å²) < 4.78 is 5.42. The molecule has 2 rings (SSSR count). The number of hydrogen-bond donors (Lipinski definition) is 0. The van der Waals surface area contributed by atoms with Gasteiger partial charge in [0.2, 0.25) is 0 Å². The van der Waals surface area contributed by atoms with Gasteiger partial charge in [0.1, 0.15) is 5.60 Å². The summed E-state index contributed by atoms with van der Waals surface area (Å²) in [6, 6.07) is 4.07. The maximum absolute atomic E-state index is 12.0. The fraction of sp³-hybridized carbons (Fsp3) is 0.625. The Bertz CT molecular complexity index is 459. The van der Waals surface area contributed by atoms with E-state index >= 15 is 0 Å². The second kappa shape index (κ2) is 7.16. The average molecular weight is 308 g/mol. The van der Waals surface area contributed by atoms with Crippen LogP contribution in [0.3, 0.4) is 0 Å². The molecule has 1 fully saturated rings. The summed E-state index contributed by atoms with van der Waals surface area (Å²) in [4.78, 5) is 17.9. The Hall–Kier alpha value is -1.23. The van der Waals surface area contributed by atoms with Crippen molar-refractivity contribution < 1.29 is 9.53 Å². The summed E-state index contributed by atoms with van der Waals surface area (Å²) in [5.41, 5.74) is 0.842. The van der Waals surface area contributed by atoms with Crippen molar-refractivity contribution >= 4 is 17.9 Å². The largest absolute Gasteiger partial charge is 0.444 e. The molecule has 5 heteroatoms. The minimum atomic E-state index is -0.412. The number of pyridine rings is 1. The van der Waals surface area contributed by atoms with Crippen LogP contribution in [0, 0.1) is 5.92 Å². The lowest BCUT2D eigenvalue weighted by molar-refractivity contribution is 0.0289. The number of rotatable bonds is 4. The number of thioether (sulfide) groups is 1. The molecule has 0 N–H and O–H groups in total. The van der Waals surface area contributed by atoms with Crippen molar-refractivity contribution in [2.75, 3.05) is 18.8 Å². The smallest absolute Gasteiger partial charge is 0.410 e. The van der Waals surface area contributed by atoms with E-state index in [1.165, 1.54) is 5.56 Å². The van der Waals surface area contributed by atoms with Crippen molar-refractivity contribution in [2.45, 2.75) is 38.5 Å². The Kier molecular flexibility index (Phi) is 5.51. The molecule has 0 spiro atoms. The highest BCUT2D eigenvalue weighted by Gasteiger charge is 2.29. The minimum absolute atomic E-state index is 0.178. The molecule has 1 amide bonds. The van der Waals surface area contributed by atoms with Crippen LogP contribution in [0.15, 0.2) is 24.5 Å². The summed E-state index contributed by atoms with van der Waals surface area (Å²) in [5.74, 6) is 2.63. The van der Waals surface area contributed by atoms with Crippen LogP contribution in [0.1, 0.15) is 32.8 Å². The summed E-state index contributed by atoms with van der Waals surface area (Å²) in [6.45, 7) is 7.34. The van der Waals surface area contributed by atoms with Gasteiger partial charge in [-0.05, 0) is 50.5 Å². The molecule has 0 radical (unpaired) electrons. The maximum atomic E-state index is 12.0. The third-order valence-electron chi connectivity index (χ3n) is 3.28. The van der Waals surface area contributed by atoms with Crippen LogP contribution in [0.4, 0.5) is 4.79 Å². The Morgan fingerprint density at radius 2 is 2.33 bits per heavy atom. The third-order valence-corrected chi connectivity index (χ3v) is 4.53. The quantitative estimate of drug-likeness (QED) is 0.853. The van der Waals surface area contributed by atoms with Gasteiger partial charge < -0.3 is 9.64 Å². The number of nitrogens with zero attached hydrogens (tertiary/aromatic N) is 2. The van der Waals surface area contributed by atoms with E-state index in [0.717, 1.165) is 31.0 Å². The molecule has 0 saturated carbocycles. The number of likely N-dealkylation sites (tertiary alicyclic amines) is 1. The summed E-state index contributed by atoms with van der Waals surface area (Å²) in [5, 5.41) is 0. The molecule has 1 aromatic heterocycles. The predicted molar refractivity (Wildman–Crippen MR) is 86.3 cm³/mol. The Morgan fingerprint density at radius 1 is 1.52 bits per heavy atom. The van der Waals surface area contributed by atoms with Crippen LogP contribution in [0.5, 0.6) is 0 Å². The molecule has 0 aliphatic carbocycles. The number of carbonyl (C=O) groups excluding carboxylic acids is 1. The molecular formula is C16H24N2O2S. The Labute approximate surface area is 131 Å². The van der Waals surface area contributed by atoms with Gasteiger partial charge in [0.05, 0.1) is 0 Å². The molecular weight excluding hydrogens is 284 g/mol. The maximum Gasteiger partial charge on any atom is 0.410 e. The number of amides is 1. The number of ether oxygens (including phenoxy) is 1. The first-order chi connectivity index (χ1) is 9.94. The number of carbonyl (C=O) groups is 1. The van der Waals surface area contributed by atoms with E-state index in [1.807, 2.05) is 49.7 Å². The lowest BCUT2D eigenvalue weighted by atomic mass is 10.2. The number of aromatic nitrogens is 1. The van der Waals surface area contributed by atoms with E-state index in [0.29, 0.717) is 5.92 Å². The molecule has 0 bridgehead atoms. The highest BCUT2D eigenvalue weighted by Crippen LogP contribution is 2.24. The molecule has 1 saturated heterocycles. The Balaban J connectivity index is 1.69. The van der Waals surface area contributed by atoms with Crippen LogP contribution in [0.2, 0.25) is 0 Å². The first-order valence-corrected chi connectivity index (χ1v) is 8.54. The van der Waals surface area contributed by atoms with Gasteiger partial charge in [-0.1, -0.05) is 6.07 Å². The van der Waals surface area contributed by atoms with Gasteiger partial charge >= 0.3 is 6.09 Å². The van der Waals surface area contributed by atoms with Gasteiger partial charge in [0.15, 0.2) is 0 Å². The summed E-state index contributed by atoms with van der Waals surface area (Å²) in [7, 11) is 0. The first-order valence-electron chi connectivity index (χ1n) is 7.38. The molecule has 116 valence electrons. The fourth-order valence-electron chi connectivity index (χ4n) is 2.29. The van der Waals surface area contributed by atoms with E-state index in [2.05, 4.69) is 11.1 Å². The topological polar surface area (TPSA) is 42.4 Å². The van der Waals surface area contributed by atoms with Crippen molar-refractivity contribution in [3.05, 3.63) is 30.1 Å². The van der Waals surface area contributed by atoms with Gasteiger partial charge in [-0.15, -0.1) is 0 Å². The van der Waals surface area contributed by atoms with Crippen molar-refractivity contribution in [1.82, 2.24) is 9.88 Å². The molecule has 4 nitrogen and oxygen atoms in total.